The molecule has 0 saturated heterocycles. The van der Waals surface area contributed by atoms with Gasteiger partial charge in [0.05, 0.1) is 0 Å². The van der Waals surface area contributed by atoms with Crippen molar-refractivity contribution < 1.29 is 0 Å². The summed E-state index contributed by atoms with van der Waals surface area (Å²) in [5.74, 6) is 0. The molecule has 0 heterocycles. The van der Waals surface area contributed by atoms with E-state index in [0.29, 0.717) is 0 Å². The van der Waals surface area contributed by atoms with Gasteiger partial charge in [-0.2, -0.15) is 0 Å². The minimum absolute atomic E-state index is 1.06. The van der Waals surface area contributed by atoms with Crippen LogP contribution in [0.5, 0.6) is 0 Å². The Morgan fingerprint density at radius 2 is 0.500 bits per heavy atom. The smallest absolute Gasteiger partial charge is 0.0384 e. The van der Waals surface area contributed by atoms with Crippen LogP contribution in [0, 0.1) is 0 Å². The highest BCUT2D eigenvalue weighted by Gasteiger charge is 2.16. The van der Waals surface area contributed by atoms with Crippen molar-refractivity contribution in [2.75, 3.05) is 10.6 Å². The molecule has 0 atom stereocenters. The Morgan fingerprint density at radius 3 is 0.825 bits per heavy atom. The standard InChI is InChI=1S/C38H30N2/c1-5-13-29(14-6-1)37(31-21-25-35(26-22-31)39-33-17-9-3-10-18-33)38(30-15-7-2-8-16-30)32-23-27-36(28-24-32)40-34-19-11-4-12-20-34/h1-28,39-40H. The molecule has 40 heavy (non-hydrogen) atoms. The summed E-state index contributed by atoms with van der Waals surface area (Å²) in [5, 5.41) is 7.01. The third kappa shape index (κ3) is 5.87. The molecule has 0 bridgehead atoms. The molecule has 2 nitrogen and oxygen atoms in total. The Labute approximate surface area is 236 Å². The largest absolute Gasteiger partial charge is 0.356 e. The molecule has 0 unspecified atom stereocenters. The molecule has 0 amide bonds. The van der Waals surface area contributed by atoms with Gasteiger partial charge in [-0.3, -0.25) is 0 Å². The summed E-state index contributed by atoms with van der Waals surface area (Å²) in [4.78, 5) is 0. The number of hydrogen-bond donors (Lipinski definition) is 2. The highest BCUT2D eigenvalue weighted by atomic mass is 14.9. The van der Waals surface area contributed by atoms with Gasteiger partial charge < -0.3 is 10.6 Å². The van der Waals surface area contributed by atoms with Crippen LogP contribution in [0.1, 0.15) is 22.3 Å². The van der Waals surface area contributed by atoms with E-state index < -0.39 is 0 Å². The Kier molecular flexibility index (Phi) is 7.50. The van der Waals surface area contributed by atoms with Crippen LogP contribution in [0.3, 0.4) is 0 Å². The van der Waals surface area contributed by atoms with Crippen LogP contribution in [0.4, 0.5) is 22.7 Å². The third-order valence-corrected chi connectivity index (χ3v) is 6.85. The summed E-state index contributed by atoms with van der Waals surface area (Å²) < 4.78 is 0. The van der Waals surface area contributed by atoms with E-state index in [1.807, 2.05) is 36.4 Å². The zero-order valence-corrected chi connectivity index (χ0v) is 22.2. The highest BCUT2D eigenvalue weighted by molar-refractivity contribution is 6.04. The SMILES string of the molecule is c1ccc(Nc2ccc(C(=C(c3ccccc3)c3ccc(Nc4ccccc4)cc3)c3ccccc3)cc2)cc1. The van der Waals surface area contributed by atoms with Crippen LogP contribution in [-0.2, 0) is 0 Å². The molecule has 0 aliphatic heterocycles. The fourth-order valence-electron chi connectivity index (χ4n) is 4.94. The number of para-hydroxylation sites is 2. The minimum atomic E-state index is 1.06. The minimum Gasteiger partial charge on any atom is -0.356 e. The maximum Gasteiger partial charge on any atom is 0.0384 e. The molecule has 6 aromatic rings. The Morgan fingerprint density at radius 1 is 0.250 bits per heavy atom. The van der Waals surface area contributed by atoms with Gasteiger partial charge in [-0.05, 0) is 81.9 Å². The molecule has 6 aromatic carbocycles. The first-order valence-corrected chi connectivity index (χ1v) is 13.5. The number of anilines is 4. The molecule has 192 valence electrons. The molecule has 0 aliphatic carbocycles. The Balaban J connectivity index is 1.46. The molecular weight excluding hydrogens is 484 g/mol. The predicted octanol–water partition coefficient (Wildman–Crippen LogP) is 10.2. The lowest BCUT2D eigenvalue weighted by Gasteiger charge is -2.19. The second-order valence-electron chi connectivity index (χ2n) is 9.62. The van der Waals surface area contributed by atoms with E-state index in [4.69, 9.17) is 0 Å². The molecular formula is C38H30N2. The average molecular weight is 515 g/mol. The fourth-order valence-corrected chi connectivity index (χ4v) is 4.94. The van der Waals surface area contributed by atoms with Gasteiger partial charge in [-0.15, -0.1) is 0 Å². The van der Waals surface area contributed by atoms with Crippen molar-refractivity contribution in [3.63, 3.8) is 0 Å². The van der Waals surface area contributed by atoms with E-state index in [9.17, 15) is 0 Å². The fraction of sp³-hybridized carbons (Fsp3) is 0. The summed E-state index contributed by atoms with van der Waals surface area (Å²) in [6, 6.07) is 59.3. The van der Waals surface area contributed by atoms with E-state index >= 15 is 0 Å². The Bertz CT molecular complexity index is 1540. The van der Waals surface area contributed by atoms with Crippen LogP contribution >= 0.6 is 0 Å². The topological polar surface area (TPSA) is 24.1 Å². The van der Waals surface area contributed by atoms with Crippen molar-refractivity contribution in [3.8, 4) is 0 Å². The summed E-state index contributed by atoms with van der Waals surface area (Å²) in [6.45, 7) is 0. The van der Waals surface area contributed by atoms with Gasteiger partial charge in [0.15, 0.2) is 0 Å². The molecule has 6 rings (SSSR count). The quantitative estimate of drug-likeness (QED) is 0.197. The molecule has 0 radical (unpaired) electrons. The van der Waals surface area contributed by atoms with E-state index in [1.165, 1.54) is 22.3 Å². The van der Waals surface area contributed by atoms with Crippen molar-refractivity contribution in [1.82, 2.24) is 0 Å². The van der Waals surface area contributed by atoms with Crippen LogP contribution < -0.4 is 10.6 Å². The van der Waals surface area contributed by atoms with Gasteiger partial charge >= 0.3 is 0 Å². The lowest BCUT2D eigenvalue weighted by Crippen LogP contribution is -1.98. The van der Waals surface area contributed by atoms with Gasteiger partial charge in [0.2, 0.25) is 0 Å². The maximum atomic E-state index is 3.51. The number of nitrogens with one attached hydrogen (secondary N) is 2. The van der Waals surface area contributed by atoms with Crippen LogP contribution in [0.2, 0.25) is 0 Å². The zero-order chi connectivity index (χ0) is 27.0. The van der Waals surface area contributed by atoms with Crippen LogP contribution in [0.15, 0.2) is 170 Å². The van der Waals surface area contributed by atoms with E-state index in [0.717, 1.165) is 33.9 Å². The summed E-state index contributed by atoms with van der Waals surface area (Å²) in [5.41, 5.74) is 11.3. The van der Waals surface area contributed by atoms with Crippen LogP contribution in [-0.4, -0.2) is 0 Å². The van der Waals surface area contributed by atoms with Crippen molar-refractivity contribution in [2.24, 2.45) is 0 Å². The van der Waals surface area contributed by atoms with Gasteiger partial charge in [0, 0.05) is 22.7 Å². The van der Waals surface area contributed by atoms with Crippen LogP contribution in [0.25, 0.3) is 11.1 Å². The number of hydrogen-bond acceptors (Lipinski definition) is 2. The van der Waals surface area contributed by atoms with Gasteiger partial charge in [0.25, 0.3) is 0 Å². The van der Waals surface area contributed by atoms with E-state index in [1.54, 1.807) is 0 Å². The first-order chi connectivity index (χ1) is 19.8. The van der Waals surface area contributed by atoms with Crippen molar-refractivity contribution >= 4 is 33.9 Å². The van der Waals surface area contributed by atoms with Crippen molar-refractivity contribution in [3.05, 3.63) is 192 Å². The molecule has 0 aromatic heterocycles. The maximum absolute atomic E-state index is 3.51. The van der Waals surface area contributed by atoms with E-state index in [-0.39, 0.29) is 0 Å². The first-order valence-electron chi connectivity index (χ1n) is 13.5. The second kappa shape index (κ2) is 12.0. The van der Waals surface area contributed by atoms with Gasteiger partial charge in [0.1, 0.15) is 0 Å². The molecule has 0 aliphatic rings. The predicted molar refractivity (Wildman–Crippen MR) is 170 cm³/mol. The zero-order valence-electron chi connectivity index (χ0n) is 22.2. The summed E-state index contributed by atoms with van der Waals surface area (Å²) >= 11 is 0. The first kappa shape index (κ1) is 25.0. The number of benzene rings is 6. The highest BCUT2D eigenvalue weighted by Crippen LogP contribution is 2.37. The molecule has 2 heteroatoms. The Hall–Kier alpha value is -5.34. The molecule has 0 fully saturated rings. The average Bonchev–Trinajstić information content (AvgIpc) is 3.03. The molecule has 0 saturated carbocycles. The molecule has 0 spiro atoms. The van der Waals surface area contributed by atoms with Gasteiger partial charge in [-0.25, -0.2) is 0 Å². The monoisotopic (exact) mass is 514 g/mol. The summed E-state index contributed by atoms with van der Waals surface area (Å²) in [7, 11) is 0. The van der Waals surface area contributed by atoms with Crippen molar-refractivity contribution in [2.45, 2.75) is 0 Å². The summed E-state index contributed by atoms with van der Waals surface area (Å²) in [6.07, 6.45) is 0. The third-order valence-electron chi connectivity index (χ3n) is 6.85. The second-order valence-corrected chi connectivity index (χ2v) is 9.62. The lowest BCUT2D eigenvalue weighted by atomic mass is 9.85. The molecule has 2 N–H and O–H groups in total. The van der Waals surface area contributed by atoms with E-state index in [2.05, 4.69) is 144 Å². The normalized spacial score (nSPS) is 11.4. The van der Waals surface area contributed by atoms with Crippen molar-refractivity contribution in [1.29, 1.82) is 0 Å². The lowest BCUT2D eigenvalue weighted by molar-refractivity contribution is 1.48. The van der Waals surface area contributed by atoms with Gasteiger partial charge in [-0.1, -0.05) is 121 Å². The number of rotatable bonds is 8.